The maximum atomic E-state index is 4.89. The zero-order valence-electron chi connectivity index (χ0n) is 14.1. The van der Waals surface area contributed by atoms with Gasteiger partial charge in [0.15, 0.2) is 6.17 Å². The second kappa shape index (κ2) is 7.02. The summed E-state index contributed by atoms with van der Waals surface area (Å²) in [4.78, 5) is 9.55. The lowest BCUT2D eigenvalue weighted by Gasteiger charge is -2.23. The summed E-state index contributed by atoms with van der Waals surface area (Å²) in [6, 6.07) is 0. The van der Waals surface area contributed by atoms with Gasteiger partial charge in [0.2, 0.25) is 0 Å². The van der Waals surface area contributed by atoms with Gasteiger partial charge in [-0.1, -0.05) is 26.8 Å². The highest BCUT2D eigenvalue weighted by molar-refractivity contribution is 5.97. The average molecular weight is 284 g/mol. The van der Waals surface area contributed by atoms with E-state index in [1.165, 1.54) is 35.3 Å². The topological polar surface area (TPSA) is 24.7 Å². The molecule has 2 heteroatoms. The van der Waals surface area contributed by atoms with Crippen LogP contribution in [0.25, 0.3) is 0 Å². The molecule has 0 saturated heterocycles. The summed E-state index contributed by atoms with van der Waals surface area (Å²) in [6.45, 7) is 11.1. The summed E-state index contributed by atoms with van der Waals surface area (Å²) in [7, 11) is 0. The van der Waals surface area contributed by atoms with E-state index in [0.29, 0.717) is 11.8 Å². The summed E-state index contributed by atoms with van der Waals surface area (Å²) in [5, 5.41) is 0. The Morgan fingerprint density at radius 1 is 1.29 bits per heavy atom. The smallest absolute Gasteiger partial charge is 0.159 e. The van der Waals surface area contributed by atoms with Crippen LogP contribution in [0.15, 0.2) is 44.9 Å². The Labute approximate surface area is 129 Å². The molecule has 2 rings (SSSR count). The Kier molecular flexibility index (Phi) is 5.33. The molecular formula is C19H28N2. The van der Waals surface area contributed by atoms with Crippen LogP contribution in [-0.2, 0) is 0 Å². The van der Waals surface area contributed by atoms with E-state index in [1.54, 1.807) is 0 Å². The second-order valence-electron chi connectivity index (χ2n) is 6.26. The molecule has 3 unspecified atom stereocenters. The minimum atomic E-state index is -0.0655. The number of nitrogens with zero attached hydrogens (tertiary/aromatic N) is 2. The van der Waals surface area contributed by atoms with Crippen LogP contribution in [0.2, 0.25) is 0 Å². The first kappa shape index (κ1) is 15.9. The van der Waals surface area contributed by atoms with Gasteiger partial charge in [-0.05, 0) is 73.8 Å². The maximum Gasteiger partial charge on any atom is 0.159 e. The number of rotatable bonds is 3. The molecule has 2 nitrogen and oxygen atoms in total. The first-order valence-corrected chi connectivity index (χ1v) is 8.22. The lowest BCUT2D eigenvalue weighted by atomic mass is 9.85. The number of allylic oxidation sites excluding steroid dienone is 5. The Morgan fingerprint density at radius 3 is 2.67 bits per heavy atom. The zero-order valence-corrected chi connectivity index (χ0v) is 14.1. The molecule has 3 atom stereocenters. The molecule has 0 N–H and O–H groups in total. The van der Waals surface area contributed by atoms with Crippen LogP contribution in [0.3, 0.4) is 0 Å². The first-order valence-electron chi connectivity index (χ1n) is 8.22. The molecule has 0 radical (unpaired) electrons. The van der Waals surface area contributed by atoms with Crippen LogP contribution in [0, 0.1) is 11.8 Å². The van der Waals surface area contributed by atoms with E-state index in [-0.39, 0.29) is 6.17 Å². The quantitative estimate of drug-likeness (QED) is 0.686. The van der Waals surface area contributed by atoms with Gasteiger partial charge in [0.05, 0.1) is 0 Å². The van der Waals surface area contributed by atoms with Gasteiger partial charge in [0.25, 0.3) is 0 Å². The van der Waals surface area contributed by atoms with Gasteiger partial charge in [-0.3, -0.25) is 9.98 Å². The highest BCUT2D eigenvalue weighted by Crippen LogP contribution is 2.25. The van der Waals surface area contributed by atoms with E-state index in [4.69, 9.17) is 4.99 Å². The van der Waals surface area contributed by atoms with Crippen molar-refractivity contribution in [3.8, 4) is 0 Å². The van der Waals surface area contributed by atoms with Crippen LogP contribution >= 0.6 is 0 Å². The predicted octanol–water partition coefficient (Wildman–Crippen LogP) is 5.13. The van der Waals surface area contributed by atoms with E-state index < -0.39 is 0 Å². The van der Waals surface area contributed by atoms with E-state index in [2.05, 4.69) is 57.8 Å². The molecule has 0 aromatic carbocycles. The van der Waals surface area contributed by atoms with Crippen molar-refractivity contribution < 1.29 is 0 Å². The first-order chi connectivity index (χ1) is 10.0. The van der Waals surface area contributed by atoms with Gasteiger partial charge in [-0.15, -0.1) is 0 Å². The van der Waals surface area contributed by atoms with Crippen molar-refractivity contribution in [2.45, 2.75) is 60.0 Å². The molecule has 0 aromatic heterocycles. The lowest BCUT2D eigenvalue weighted by molar-refractivity contribution is 0.503. The minimum Gasteiger partial charge on any atom is -0.262 e. The van der Waals surface area contributed by atoms with Crippen molar-refractivity contribution in [3.63, 3.8) is 0 Å². The molecule has 1 aliphatic carbocycles. The Hall–Kier alpha value is -1.44. The van der Waals surface area contributed by atoms with E-state index in [0.717, 1.165) is 6.42 Å². The van der Waals surface area contributed by atoms with Gasteiger partial charge < -0.3 is 0 Å². The molecule has 2 aliphatic rings. The lowest BCUT2D eigenvalue weighted by Crippen LogP contribution is -2.19. The third-order valence-corrected chi connectivity index (χ3v) is 4.74. The molecule has 0 saturated carbocycles. The zero-order chi connectivity index (χ0) is 15.4. The molecule has 1 heterocycles. The summed E-state index contributed by atoms with van der Waals surface area (Å²) in [6.07, 6.45) is 12.1. The average Bonchev–Trinajstić information content (AvgIpc) is 2.61. The van der Waals surface area contributed by atoms with Gasteiger partial charge >= 0.3 is 0 Å². The monoisotopic (exact) mass is 284 g/mol. The summed E-state index contributed by atoms with van der Waals surface area (Å²) < 4.78 is 0. The van der Waals surface area contributed by atoms with Crippen LogP contribution in [0.5, 0.6) is 0 Å². The van der Waals surface area contributed by atoms with Gasteiger partial charge in [0, 0.05) is 11.9 Å². The molecule has 1 aliphatic heterocycles. The highest BCUT2D eigenvalue weighted by atomic mass is 15.0. The third-order valence-electron chi connectivity index (χ3n) is 4.74. The molecular weight excluding hydrogens is 256 g/mol. The molecule has 0 amide bonds. The summed E-state index contributed by atoms with van der Waals surface area (Å²) in [5.74, 6) is 1.25. The van der Waals surface area contributed by atoms with Gasteiger partial charge in [-0.2, -0.15) is 0 Å². The third kappa shape index (κ3) is 3.81. The van der Waals surface area contributed by atoms with Gasteiger partial charge in [0.1, 0.15) is 0 Å². The molecule has 21 heavy (non-hydrogen) atoms. The van der Waals surface area contributed by atoms with Crippen molar-refractivity contribution in [2.24, 2.45) is 21.8 Å². The predicted molar refractivity (Wildman–Crippen MR) is 93.2 cm³/mol. The van der Waals surface area contributed by atoms with Crippen LogP contribution < -0.4 is 0 Å². The van der Waals surface area contributed by atoms with Crippen molar-refractivity contribution in [2.75, 3.05) is 0 Å². The largest absolute Gasteiger partial charge is 0.262 e. The van der Waals surface area contributed by atoms with E-state index in [9.17, 15) is 0 Å². The highest BCUT2D eigenvalue weighted by Gasteiger charge is 2.19. The number of aliphatic imine (C=N–C) groups is 2. The van der Waals surface area contributed by atoms with Crippen LogP contribution in [-0.4, -0.2) is 18.1 Å². The Morgan fingerprint density at radius 2 is 2.05 bits per heavy atom. The summed E-state index contributed by atoms with van der Waals surface area (Å²) >= 11 is 0. The molecule has 0 aromatic rings. The minimum absolute atomic E-state index is 0.0655. The fourth-order valence-corrected chi connectivity index (χ4v) is 3.01. The fraction of sp³-hybridized carbons (Fsp3) is 0.579. The van der Waals surface area contributed by atoms with E-state index in [1.807, 2.05) is 6.21 Å². The Bertz CT molecular complexity index is 532. The standard InChI is InChI=1S/C19H28N2/c1-6-16-8-9-18(14(4)10-16)21-19-11-13(3)15(5)17(7-2)12-20-19/h8-9,11-12,14,16,19H,6-7,10H2,1-5H3. The van der Waals surface area contributed by atoms with Crippen molar-refractivity contribution >= 4 is 11.9 Å². The maximum absolute atomic E-state index is 4.89. The van der Waals surface area contributed by atoms with Crippen molar-refractivity contribution in [3.05, 3.63) is 34.9 Å². The number of hydrogen-bond acceptors (Lipinski definition) is 2. The van der Waals surface area contributed by atoms with Crippen molar-refractivity contribution in [1.29, 1.82) is 0 Å². The van der Waals surface area contributed by atoms with Crippen molar-refractivity contribution in [1.82, 2.24) is 0 Å². The Balaban J connectivity index is 2.23. The molecule has 0 bridgehead atoms. The van der Waals surface area contributed by atoms with E-state index >= 15 is 0 Å². The number of hydrogen-bond donors (Lipinski definition) is 0. The summed E-state index contributed by atoms with van der Waals surface area (Å²) in [5.41, 5.74) is 5.17. The van der Waals surface area contributed by atoms with Crippen LogP contribution in [0.4, 0.5) is 0 Å². The SMILES string of the molecule is CCC1=C(C)C(C)=CC(N=C2C=CC(CC)CC2C)N=C1. The van der Waals surface area contributed by atoms with Crippen LogP contribution in [0.1, 0.15) is 53.9 Å². The normalized spacial score (nSPS) is 31.6. The molecule has 0 spiro atoms. The van der Waals surface area contributed by atoms with Gasteiger partial charge in [-0.25, -0.2) is 0 Å². The fourth-order valence-electron chi connectivity index (χ4n) is 3.01. The second-order valence-corrected chi connectivity index (χ2v) is 6.26. The molecule has 114 valence electrons. The molecule has 0 fully saturated rings.